The molecular formula is C20H29Cl2N7O. The van der Waals surface area contributed by atoms with Crippen molar-refractivity contribution in [2.24, 2.45) is 5.92 Å². The number of fused-ring (bicyclic) bond motifs is 1. The van der Waals surface area contributed by atoms with Crippen LogP contribution < -0.4 is 10.6 Å². The van der Waals surface area contributed by atoms with Gasteiger partial charge in [-0.2, -0.15) is 0 Å². The minimum Gasteiger partial charge on any atom is -0.340 e. The van der Waals surface area contributed by atoms with E-state index in [9.17, 15) is 4.79 Å². The van der Waals surface area contributed by atoms with E-state index >= 15 is 0 Å². The number of aromatic amines is 1. The van der Waals surface area contributed by atoms with E-state index in [0.29, 0.717) is 11.7 Å². The maximum atomic E-state index is 12.9. The average Bonchev–Trinajstić information content (AvgIpc) is 3.39. The average molecular weight is 454 g/mol. The van der Waals surface area contributed by atoms with Crippen molar-refractivity contribution in [2.45, 2.75) is 45.2 Å². The van der Waals surface area contributed by atoms with Gasteiger partial charge in [0.1, 0.15) is 5.82 Å². The molecule has 1 aliphatic rings. The number of hydrogen-bond donors (Lipinski definition) is 3. The summed E-state index contributed by atoms with van der Waals surface area (Å²) in [5, 5.41) is 14.8. The van der Waals surface area contributed by atoms with Gasteiger partial charge >= 0.3 is 0 Å². The number of halogens is 2. The molecule has 2 atom stereocenters. The van der Waals surface area contributed by atoms with Crippen LogP contribution in [0.15, 0.2) is 30.5 Å². The maximum absolute atomic E-state index is 12.9. The first-order valence-corrected chi connectivity index (χ1v) is 10.0. The van der Waals surface area contributed by atoms with Gasteiger partial charge in [-0.3, -0.25) is 4.79 Å². The van der Waals surface area contributed by atoms with Gasteiger partial charge in [0.15, 0.2) is 5.69 Å². The molecule has 0 saturated carbocycles. The molecule has 1 amide bonds. The zero-order valence-electron chi connectivity index (χ0n) is 17.2. The van der Waals surface area contributed by atoms with Crippen LogP contribution in [-0.2, 0) is 0 Å². The first-order valence-electron chi connectivity index (χ1n) is 10.0. The summed E-state index contributed by atoms with van der Waals surface area (Å²) in [6.07, 6.45) is 4.68. The molecule has 0 radical (unpaired) electrons. The number of carbonyl (C=O) groups is 1. The smallest absolute Gasteiger partial charge is 0.274 e. The Labute approximate surface area is 188 Å². The van der Waals surface area contributed by atoms with Crippen LogP contribution in [0.3, 0.4) is 0 Å². The highest BCUT2D eigenvalue weighted by Gasteiger charge is 2.26. The summed E-state index contributed by atoms with van der Waals surface area (Å²) < 4.78 is 1.83. The highest BCUT2D eigenvalue weighted by molar-refractivity contribution is 5.92. The zero-order valence-corrected chi connectivity index (χ0v) is 18.8. The number of imidazole rings is 1. The van der Waals surface area contributed by atoms with E-state index in [1.54, 1.807) is 6.20 Å². The van der Waals surface area contributed by atoms with Crippen LogP contribution in [0.4, 0.5) is 0 Å². The highest BCUT2D eigenvalue weighted by Crippen LogP contribution is 2.25. The Morgan fingerprint density at radius 2 is 2.00 bits per heavy atom. The van der Waals surface area contributed by atoms with Crippen LogP contribution in [0, 0.1) is 5.92 Å². The van der Waals surface area contributed by atoms with Gasteiger partial charge in [0.05, 0.1) is 29.3 Å². The molecule has 2 aromatic heterocycles. The second-order valence-corrected chi connectivity index (χ2v) is 7.54. The number of aromatic nitrogens is 5. The number of nitrogens with zero attached hydrogens (tertiary/aromatic N) is 4. The number of para-hydroxylation sites is 2. The molecule has 3 heterocycles. The molecule has 0 spiro atoms. The lowest BCUT2D eigenvalue weighted by Crippen LogP contribution is -2.33. The van der Waals surface area contributed by atoms with Crippen LogP contribution in [-0.4, -0.2) is 44.0 Å². The Balaban J connectivity index is 0.00000160. The molecule has 30 heavy (non-hydrogen) atoms. The lowest BCUT2D eigenvalue weighted by atomic mass is 9.98. The largest absolute Gasteiger partial charge is 0.340 e. The van der Waals surface area contributed by atoms with Gasteiger partial charge in [-0.25, -0.2) is 9.67 Å². The molecular weight excluding hydrogens is 425 g/mol. The Morgan fingerprint density at radius 1 is 1.27 bits per heavy atom. The lowest BCUT2D eigenvalue weighted by Gasteiger charge is -2.22. The van der Waals surface area contributed by atoms with E-state index in [2.05, 4.69) is 44.8 Å². The third kappa shape index (κ3) is 5.11. The summed E-state index contributed by atoms with van der Waals surface area (Å²) in [5.41, 5.74) is 2.22. The van der Waals surface area contributed by atoms with Crippen molar-refractivity contribution in [2.75, 3.05) is 13.1 Å². The molecule has 1 aromatic carbocycles. The van der Waals surface area contributed by atoms with E-state index in [-0.39, 0.29) is 42.7 Å². The second-order valence-electron chi connectivity index (χ2n) is 7.54. The second kappa shape index (κ2) is 10.7. The highest BCUT2D eigenvalue weighted by atomic mass is 35.5. The lowest BCUT2D eigenvalue weighted by molar-refractivity contribution is 0.0915. The molecule has 10 heteroatoms. The summed E-state index contributed by atoms with van der Waals surface area (Å²) in [7, 11) is 0. The van der Waals surface area contributed by atoms with Crippen LogP contribution in [0.1, 0.15) is 61.5 Å². The third-order valence-corrected chi connectivity index (χ3v) is 5.63. The van der Waals surface area contributed by atoms with Crippen LogP contribution in [0.5, 0.6) is 0 Å². The Hall–Kier alpha value is -2.16. The molecule has 164 valence electrons. The normalized spacial score (nSPS) is 16.3. The number of amides is 1. The van der Waals surface area contributed by atoms with Crippen molar-refractivity contribution in [3.05, 3.63) is 42.0 Å². The molecule has 3 N–H and O–H groups in total. The summed E-state index contributed by atoms with van der Waals surface area (Å²) >= 11 is 0. The number of H-pyrrole nitrogens is 1. The molecule has 3 aromatic rings. The monoisotopic (exact) mass is 453 g/mol. The number of nitrogens with one attached hydrogen (secondary N) is 3. The standard InChI is InChI=1S/C20H27N7O.2ClH/c1-3-13(2)18(19-22-15-6-4-5-7-16(15)23-19)24-20(28)17-12-27(26-25-17)14-8-10-21-11-9-14;;/h4-7,12-14,18,21H,3,8-11H2,1-2H3,(H,22,23)(H,24,28);2*1H. The molecule has 1 aliphatic heterocycles. The number of carbonyl (C=O) groups excluding carboxylic acids is 1. The zero-order chi connectivity index (χ0) is 19.5. The predicted molar refractivity (Wildman–Crippen MR) is 121 cm³/mol. The first kappa shape index (κ1) is 24.1. The van der Waals surface area contributed by atoms with Gasteiger partial charge in [0, 0.05) is 0 Å². The minimum absolute atomic E-state index is 0. The number of hydrogen-bond acceptors (Lipinski definition) is 5. The van der Waals surface area contributed by atoms with Gasteiger partial charge in [-0.05, 0) is 44.0 Å². The van der Waals surface area contributed by atoms with Gasteiger partial charge < -0.3 is 15.6 Å². The van der Waals surface area contributed by atoms with Crippen LogP contribution >= 0.6 is 24.8 Å². The number of rotatable bonds is 6. The fourth-order valence-corrected chi connectivity index (χ4v) is 3.68. The fourth-order valence-electron chi connectivity index (χ4n) is 3.68. The summed E-state index contributed by atoms with van der Waals surface area (Å²) in [4.78, 5) is 20.9. The molecule has 0 aliphatic carbocycles. The number of piperidine rings is 1. The Bertz CT molecular complexity index is 918. The van der Waals surface area contributed by atoms with Crippen molar-refractivity contribution >= 4 is 41.8 Å². The molecule has 1 saturated heterocycles. The Morgan fingerprint density at radius 3 is 2.70 bits per heavy atom. The molecule has 1 fully saturated rings. The van der Waals surface area contributed by atoms with Crippen molar-refractivity contribution < 1.29 is 4.79 Å². The molecule has 4 rings (SSSR count). The minimum atomic E-state index is -0.217. The van der Waals surface area contributed by atoms with E-state index in [1.807, 2.05) is 28.9 Å². The van der Waals surface area contributed by atoms with E-state index < -0.39 is 0 Å². The van der Waals surface area contributed by atoms with E-state index in [4.69, 9.17) is 0 Å². The van der Waals surface area contributed by atoms with Gasteiger partial charge in [0.25, 0.3) is 5.91 Å². The van der Waals surface area contributed by atoms with E-state index in [0.717, 1.165) is 49.2 Å². The molecule has 8 nitrogen and oxygen atoms in total. The third-order valence-electron chi connectivity index (χ3n) is 5.63. The molecule has 2 unspecified atom stereocenters. The van der Waals surface area contributed by atoms with Crippen molar-refractivity contribution in [3.63, 3.8) is 0 Å². The van der Waals surface area contributed by atoms with E-state index in [1.165, 1.54) is 0 Å². The van der Waals surface area contributed by atoms with Crippen molar-refractivity contribution in [3.8, 4) is 0 Å². The summed E-state index contributed by atoms with van der Waals surface area (Å²) in [6, 6.07) is 7.98. The number of benzene rings is 1. The van der Waals surface area contributed by atoms with Crippen LogP contribution in [0.2, 0.25) is 0 Å². The van der Waals surface area contributed by atoms with Gasteiger partial charge in [0.2, 0.25) is 0 Å². The van der Waals surface area contributed by atoms with Crippen molar-refractivity contribution in [1.82, 2.24) is 35.6 Å². The van der Waals surface area contributed by atoms with Gasteiger partial charge in [-0.1, -0.05) is 37.6 Å². The maximum Gasteiger partial charge on any atom is 0.274 e. The predicted octanol–water partition coefficient (Wildman–Crippen LogP) is 3.44. The van der Waals surface area contributed by atoms with Crippen molar-refractivity contribution in [1.29, 1.82) is 0 Å². The quantitative estimate of drug-likeness (QED) is 0.530. The van der Waals surface area contributed by atoms with Crippen LogP contribution in [0.25, 0.3) is 11.0 Å². The topological polar surface area (TPSA) is 101 Å². The first-order chi connectivity index (χ1) is 13.7. The summed E-state index contributed by atoms with van der Waals surface area (Å²) in [6.45, 7) is 6.16. The molecule has 0 bridgehead atoms. The summed E-state index contributed by atoms with van der Waals surface area (Å²) in [5.74, 6) is 0.782. The van der Waals surface area contributed by atoms with Gasteiger partial charge in [-0.15, -0.1) is 29.9 Å². The fraction of sp³-hybridized carbons (Fsp3) is 0.500. The SMILES string of the molecule is CCC(C)C(NC(=O)c1cn(C2CCNCC2)nn1)c1nc2ccccc2[nH]1.Cl.Cl. The Kier molecular flexibility index (Phi) is 8.64.